The highest BCUT2D eigenvalue weighted by Crippen LogP contribution is 2.13. The molecule has 5 nitrogen and oxygen atoms in total. The molecule has 0 bridgehead atoms. The van der Waals surface area contributed by atoms with E-state index in [1.54, 1.807) is 6.07 Å². The predicted octanol–water partition coefficient (Wildman–Crippen LogP) is 2.86. The van der Waals surface area contributed by atoms with Gasteiger partial charge in [-0.15, -0.1) is 0 Å². The summed E-state index contributed by atoms with van der Waals surface area (Å²) in [7, 11) is 0. The molecular formula is C15H12F3N3O2. The van der Waals surface area contributed by atoms with Crippen LogP contribution in [0.5, 0.6) is 0 Å². The van der Waals surface area contributed by atoms with Gasteiger partial charge in [-0.1, -0.05) is 12.1 Å². The third-order valence-corrected chi connectivity index (χ3v) is 2.73. The number of hydrogen-bond donors (Lipinski definition) is 3. The van der Waals surface area contributed by atoms with E-state index in [4.69, 9.17) is 0 Å². The molecule has 0 aliphatic rings. The van der Waals surface area contributed by atoms with Crippen LogP contribution in [-0.4, -0.2) is 18.5 Å². The zero-order valence-electron chi connectivity index (χ0n) is 11.7. The van der Waals surface area contributed by atoms with Crippen molar-refractivity contribution in [1.29, 1.82) is 0 Å². The molecule has 2 aromatic rings. The van der Waals surface area contributed by atoms with Gasteiger partial charge >= 0.3 is 6.03 Å². The SMILES string of the molecule is O=C(CNC(=O)Nc1ccc(F)c(F)c1)Nc1ccccc1F. The van der Waals surface area contributed by atoms with Crippen LogP contribution in [0.15, 0.2) is 42.5 Å². The summed E-state index contributed by atoms with van der Waals surface area (Å²) in [5.41, 5.74) is 0.0104. The van der Waals surface area contributed by atoms with E-state index in [-0.39, 0.29) is 11.4 Å². The van der Waals surface area contributed by atoms with Crippen molar-refractivity contribution in [3.63, 3.8) is 0 Å². The maximum absolute atomic E-state index is 13.3. The second-order valence-electron chi connectivity index (χ2n) is 4.46. The fraction of sp³-hybridized carbons (Fsp3) is 0.0667. The van der Waals surface area contributed by atoms with Crippen LogP contribution < -0.4 is 16.0 Å². The molecule has 2 rings (SSSR count). The Kier molecular flexibility index (Phi) is 5.19. The van der Waals surface area contributed by atoms with Gasteiger partial charge in [-0.2, -0.15) is 0 Å². The molecule has 0 aliphatic heterocycles. The zero-order chi connectivity index (χ0) is 16.8. The maximum atomic E-state index is 13.3. The molecule has 0 saturated carbocycles. The minimum absolute atomic E-state index is 0.0136. The van der Waals surface area contributed by atoms with E-state index in [1.165, 1.54) is 18.2 Å². The smallest absolute Gasteiger partial charge is 0.319 e. The molecule has 0 unspecified atom stereocenters. The second-order valence-corrected chi connectivity index (χ2v) is 4.46. The Morgan fingerprint density at radius 3 is 2.30 bits per heavy atom. The Hall–Kier alpha value is -3.03. The number of hydrogen-bond acceptors (Lipinski definition) is 2. The molecular weight excluding hydrogens is 311 g/mol. The van der Waals surface area contributed by atoms with Crippen molar-refractivity contribution in [3.8, 4) is 0 Å². The third kappa shape index (κ3) is 4.73. The van der Waals surface area contributed by atoms with E-state index in [0.29, 0.717) is 0 Å². The lowest BCUT2D eigenvalue weighted by Crippen LogP contribution is -2.35. The highest BCUT2D eigenvalue weighted by atomic mass is 19.2. The Labute approximate surface area is 129 Å². The fourth-order valence-corrected chi connectivity index (χ4v) is 1.67. The van der Waals surface area contributed by atoms with Gasteiger partial charge in [-0.25, -0.2) is 18.0 Å². The van der Waals surface area contributed by atoms with Crippen LogP contribution in [0.1, 0.15) is 0 Å². The second kappa shape index (κ2) is 7.30. The number of rotatable bonds is 4. The first-order valence-electron chi connectivity index (χ1n) is 6.50. The molecule has 2 aromatic carbocycles. The van der Waals surface area contributed by atoms with E-state index in [9.17, 15) is 22.8 Å². The number of benzene rings is 2. The summed E-state index contributed by atoms with van der Waals surface area (Å²) in [5, 5.41) is 6.71. The molecule has 23 heavy (non-hydrogen) atoms. The van der Waals surface area contributed by atoms with Gasteiger partial charge in [-0.05, 0) is 24.3 Å². The lowest BCUT2D eigenvalue weighted by Gasteiger charge is -2.09. The van der Waals surface area contributed by atoms with Gasteiger partial charge in [0.15, 0.2) is 11.6 Å². The first-order valence-corrected chi connectivity index (χ1v) is 6.50. The highest BCUT2D eigenvalue weighted by molar-refractivity contribution is 5.96. The molecule has 3 N–H and O–H groups in total. The standard InChI is InChI=1S/C15H12F3N3O2/c16-10-6-5-9(7-12(10)18)20-15(23)19-8-14(22)21-13-4-2-1-3-11(13)17/h1-7H,8H2,(H,21,22)(H2,19,20,23). The number of urea groups is 1. The van der Waals surface area contributed by atoms with Gasteiger partial charge in [0, 0.05) is 11.8 Å². The van der Waals surface area contributed by atoms with Crippen LogP contribution >= 0.6 is 0 Å². The summed E-state index contributed by atoms with van der Waals surface area (Å²) in [4.78, 5) is 23.1. The average molecular weight is 323 g/mol. The molecule has 3 amide bonds. The topological polar surface area (TPSA) is 70.2 Å². The first-order chi connectivity index (χ1) is 11.0. The van der Waals surface area contributed by atoms with E-state index >= 15 is 0 Å². The number of carbonyl (C=O) groups excluding carboxylic acids is 2. The molecule has 0 atom stereocenters. The zero-order valence-corrected chi connectivity index (χ0v) is 11.7. The van der Waals surface area contributed by atoms with Crippen LogP contribution in [0.2, 0.25) is 0 Å². The summed E-state index contributed by atoms with van der Waals surface area (Å²) in [6, 6.07) is 7.59. The average Bonchev–Trinajstić information content (AvgIpc) is 2.51. The van der Waals surface area contributed by atoms with Gasteiger partial charge in [0.05, 0.1) is 12.2 Å². The van der Waals surface area contributed by atoms with Crippen LogP contribution in [-0.2, 0) is 4.79 Å². The largest absolute Gasteiger partial charge is 0.329 e. The summed E-state index contributed by atoms with van der Waals surface area (Å²) in [6.45, 7) is -0.427. The van der Waals surface area contributed by atoms with E-state index < -0.39 is 35.9 Å². The predicted molar refractivity (Wildman–Crippen MR) is 78.4 cm³/mol. The van der Waals surface area contributed by atoms with Crippen molar-refractivity contribution in [2.45, 2.75) is 0 Å². The number of anilines is 2. The van der Waals surface area contributed by atoms with Gasteiger partial charge in [-0.3, -0.25) is 4.79 Å². The number of carbonyl (C=O) groups is 2. The van der Waals surface area contributed by atoms with Crippen LogP contribution in [0.3, 0.4) is 0 Å². The first kappa shape index (κ1) is 16.3. The number of nitrogens with one attached hydrogen (secondary N) is 3. The lowest BCUT2D eigenvalue weighted by molar-refractivity contribution is -0.115. The Morgan fingerprint density at radius 2 is 1.61 bits per heavy atom. The Balaban J connectivity index is 1.83. The van der Waals surface area contributed by atoms with Crippen molar-refractivity contribution >= 4 is 23.3 Å². The molecule has 0 fully saturated rings. The molecule has 0 radical (unpaired) electrons. The van der Waals surface area contributed by atoms with Gasteiger partial charge < -0.3 is 16.0 Å². The number of halogens is 3. The van der Waals surface area contributed by atoms with Crippen molar-refractivity contribution < 1.29 is 22.8 Å². The summed E-state index contributed by atoms with van der Waals surface area (Å²) in [5.74, 6) is -3.40. The molecule has 0 heterocycles. The minimum atomic E-state index is -1.11. The van der Waals surface area contributed by atoms with Gasteiger partial charge in [0.1, 0.15) is 5.82 Å². The quantitative estimate of drug-likeness (QED) is 0.810. The van der Waals surface area contributed by atoms with Crippen LogP contribution in [0.4, 0.5) is 29.3 Å². The van der Waals surface area contributed by atoms with Crippen molar-refractivity contribution in [3.05, 3.63) is 59.9 Å². The molecule has 0 saturated heterocycles. The van der Waals surface area contributed by atoms with E-state index in [2.05, 4.69) is 16.0 Å². The summed E-state index contributed by atoms with van der Waals surface area (Å²) in [6.07, 6.45) is 0. The molecule has 0 aromatic heterocycles. The molecule has 0 aliphatic carbocycles. The minimum Gasteiger partial charge on any atom is -0.329 e. The molecule has 120 valence electrons. The van der Waals surface area contributed by atoms with E-state index in [1.807, 2.05) is 0 Å². The Morgan fingerprint density at radius 1 is 0.870 bits per heavy atom. The highest BCUT2D eigenvalue weighted by Gasteiger charge is 2.09. The van der Waals surface area contributed by atoms with Gasteiger partial charge in [0.2, 0.25) is 5.91 Å². The number of para-hydroxylation sites is 1. The summed E-state index contributed by atoms with van der Waals surface area (Å²) < 4.78 is 39.0. The van der Waals surface area contributed by atoms with Crippen LogP contribution in [0, 0.1) is 17.5 Å². The van der Waals surface area contributed by atoms with Crippen molar-refractivity contribution in [2.24, 2.45) is 0 Å². The molecule has 8 heteroatoms. The van der Waals surface area contributed by atoms with Crippen molar-refractivity contribution in [2.75, 3.05) is 17.2 Å². The fourth-order valence-electron chi connectivity index (χ4n) is 1.67. The Bertz CT molecular complexity index is 738. The molecule has 0 spiro atoms. The third-order valence-electron chi connectivity index (χ3n) is 2.73. The maximum Gasteiger partial charge on any atom is 0.319 e. The number of amides is 3. The normalized spacial score (nSPS) is 10.0. The lowest BCUT2D eigenvalue weighted by atomic mass is 10.3. The van der Waals surface area contributed by atoms with Crippen molar-refractivity contribution in [1.82, 2.24) is 5.32 Å². The van der Waals surface area contributed by atoms with Gasteiger partial charge in [0.25, 0.3) is 0 Å². The monoisotopic (exact) mass is 323 g/mol. The van der Waals surface area contributed by atoms with E-state index in [0.717, 1.165) is 18.2 Å². The summed E-state index contributed by atoms with van der Waals surface area (Å²) >= 11 is 0. The van der Waals surface area contributed by atoms with Crippen LogP contribution in [0.25, 0.3) is 0 Å².